The molecule has 2 aromatic rings. The Balaban J connectivity index is 1.82. The molecule has 0 heterocycles. The zero-order chi connectivity index (χ0) is 17.6. The van der Waals surface area contributed by atoms with E-state index < -0.39 is 10.0 Å². The molecule has 0 aliphatic rings. The van der Waals surface area contributed by atoms with E-state index in [2.05, 4.69) is 36.6 Å². The highest BCUT2D eigenvalue weighted by Crippen LogP contribution is 2.34. The molecule has 2 aromatic carbocycles. The van der Waals surface area contributed by atoms with Gasteiger partial charge in [0.05, 0.1) is 18.0 Å². The fourth-order valence-corrected chi connectivity index (χ4v) is 4.83. The molecular weight excluding hydrogens is 460 g/mol. The maximum Gasteiger partial charge on any atom is 0.232 e. The molecule has 8 heteroatoms. The summed E-state index contributed by atoms with van der Waals surface area (Å²) in [6.07, 6.45) is 0.409. The lowest BCUT2D eigenvalue weighted by atomic mass is 10.2. The fourth-order valence-electron chi connectivity index (χ4n) is 2.01. The van der Waals surface area contributed by atoms with E-state index in [1.807, 2.05) is 30.3 Å². The summed E-state index contributed by atoms with van der Waals surface area (Å²) in [6, 6.07) is 13.0. The summed E-state index contributed by atoms with van der Waals surface area (Å²) in [6.45, 7) is 0.850. The average Bonchev–Trinajstić information content (AvgIpc) is 2.51. The minimum Gasteiger partial charge on any atom is -0.399 e. The number of halogens is 2. The largest absolute Gasteiger partial charge is 0.399 e. The third-order valence-electron chi connectivity index (χ3n) is 3.14. The highest BCUT2D eigenvalue weighted by atomic mass is 79.9. The van der Waals surface area contributed by atoms with Gasteiger partial charge in [0.1, 0.15) is 0 Å². The van der Waals surface area contributed by atoms with Crippen molar-refractivity contribution in [1.82, 2.24) is 0 Å². The Morgan fingerprint density at radius 1 is 1.08 bits per heavy atom. The van der Waals surface area contributed by atoms with Crippen LogP contribution in [0, 0.1) is 0 Å². The van der Waals surface area contributed by atoms with Gasteiger partial charge >= 0.3 is 0 Å². The number of rotatable bonds is 8. The standard InChI is InChI=1S/C16H18Br2N2O3S/c17-14-9-13(19)10-15(18)16(14)20-24(21,22)8-4-7-23-11-12-5-2-1-3-6-12/h1-3,5-6,9-10,20H,4,7-8,11,19H2. The van der Waals surface area contributed by atoms with E-state index in [0.717, 1.165) is 5.56 Å². The molecule has 5 nitrogen and oxygen atoms in total. The van der Waals surface area contributed by atoms with Gasteiger partial charge in [-0.25, -0.2) is 8.42 Å². The molecule has 0 saturated carbocycles. The molecule has 0 radical (unpaired) electrons. The molecule has 0 atom stereocenters. The van der Waals surface area contributed by atoms with Crippen LogP contribution in [0.3, 0.4) is 0 Å². The van der Waals surface area contributed by atoms with E-state index in [1.165, 1.54) is 0 Å². The molecule has 3 N–H and O–H groups in total. The highest BCUT2D eigenvalue weighted by molar-refractivity contribution is 9.11. The van der Waals surface area contributed by atoms with Crippen molar-refractivity contribution in [2.45, 2.75) is 13.0 Å². The number of hydrogen-bond donors (Lipinski definition) is 2. The lowest BCUT2D eigenvalue weighted by molar-refractivity contribution is 0.122. The Morgan fingerprint density at radius 2 is 1.71 bits per heavy atom. The Labute approximate surface area is 158 Å². The van der Waals surface area contributed by atoms with Gasteiger partial charge in [0.2, 0.25) is 10.0 Å². The van der Waals surface area contributed by atoms with Gasteiger partial charge in [0.25, 0.3) is 0 Å². The van der Waals surface area contributed by atoms with E-state index in [9.17, 15) is 8.42 Å². The van der Waals surface area contributed by atoms with Gasteiger partial charge < -0.3 is 10.5 Å². The molecule has 0 unspecified atom stereocenters. The first-order valence-electron chi connectivity index (χ1n) is 7.24. The van der Waals surface area contributed by atoms with Crippen LogP contribution in [-0.4, -0.2) is 20.8 Å². The van der Waals surface area contributed by atoms with Crippen molar-refractivity contribution in [3.8, 4) is 0 Å². The van der Waals surface area contributed by atoms with Crippen molar-refractivity contribution in [1.29, 1.82) is 0 Å². The van der Waals surface area contributed by atoms with E-state index in [4.69, 9.17) is 10.5 Å². The SMILES string of the molecule is Nc1cc(Br)c(NS(=O)(=O)CCCOCc2ccccc2)c(Br)c1. The van der Waals surface area contributed by atoms with E-state index in [0.29, 0.717) is 40.0 Å². The predicted octanol–water partition coefficient (Wildman–Crippen LogP) is 4.14. The van der Waals surface area contributed by atoms with Crippen LogP contribution in [0.25, 0.3) is 0 Å². The van der Waals surface area contributed by atoms with Gasteiger partial charge in [-0.1, -0.05) is 30.3 Å². The summed E-state index contributed by atoms with van der Waals surface area (Å²) in [5, 5.41) is 0. The lowest BCUT2D eigenvalue weighted by Gasteiger charge is -2.12. The van der Waals surface area contributed by atoms with Gasteiger partial charge in [-0.15, -0.1) is 0 Å². The van der Waals surface area contributed by atoms with Crippen LogP contribution in [0.4, 0.5) is 11.4 Å². The van der Waals surface area contributed by atoms with Crippen LogP contribution in [0.1, 0.15) is 12.0 Å². The molecule has 130 valence electrons. The van der Waals surface area contributed by atoms with Crippen LogP contribution in [0.5, 0.6) is 0 Å². The number of benzene rings is 2. The van der Waals surface area contributed by atoms with E-state index in [1.54, 1.807) is 12.1 Å². The summed E-state index contributed by atoms with van der Waals surface area (Å²) >= 11 is 6.62. The molecule has 0 aromatic heterocycles. The number of hydrogen-bond acceptors (Lipinski definition) is 4. The van der Waals surface area contributed by atoms with Crippen LogP contribution >= 0.6 is 31.9 Å². The molecule has 2 rings (SSSR count). The van der Waals surface area contributed by atoms with Crippen molar-refractivity contribution in [2.75, 3.05) is 22.8 Å². The van der Waals surface area contributed by atoms with Crippen molar-refractivity contribution in [3.63, 3.8) is 0 Å². The number of nitrogen functional groups attached to an aromatic ring is 1. The minimum absolute atomic E-state index is 0.0228. The van der Waals surface area contributed by atoms with E-state index >= 15 is 0 Å². The van der Waals surface area contributed by atoms with Crippen molar-refractivity contribution >= 4 is 53.3 Å². The number of nitrogens with two attached hydrogens (primary N) is 1. The van der Waals surface area contributed by atoms with Gasteiger partial charge in [-0.3, -0.25) is 4.72 Å². The quantitative estimate of drug-likeness (QED) is 0.442. The first-order valence-corrected chi connectivity index (χ1v) is 10.5. The second kappa shape index (κ2) is 8.84. The summed E-state index contributed by atoms with van der Waals surface area (Å²) in [5.74, 6) is -0.0228. The first-order chi connectivity index (χ1) is 11.4. The Bertz CT molecular complexity index is 760. The monoisotopic (exact) mass is 476 g/mol. The number of anilines is 2. The zero-order valence-electron chi connectivity index (χ0n) is 12.8. The molecule has 0 aliphatic carbocycles. The van der Waals surface area contributed by atoms with Crippen LogP contribution in [0.15, 0.2) is 51.4 Å². The molecule has 0 amide bonds. The van der Waals surface area contributed by atoms with Crippen LogP contribution < -0.4 is 10.5 Å². The smallest absolute Gasteiger partial charge is 0.232 e. The Hall–Kier alpha value is -1.09. The molecule has 0 bridgehead atoms. The maximum atomic E-state index is 12.2. The summed E-state index contributed by atoms with van der Waals surface area (Å²) in [5.41, 5.74) is 7.74. The number of ether oxygens (including phenoxy) is 1. The highest BCUT2D eigenvalue weighted by Gasteiger charge is 2.15. The summed E-state index contributed by atoms with van der Waals surface area (Å²) in [4.78, 5) is 0. The second-order valence-corrected chi connectivity index (χ2v) is 8.72. The normalized spacial score (nSPS) is 11.4. The second-order valence-electron chi connectivity index (χ2n) is 5.17. The molecular formula is C16H18Br2N2O3S. The Kier molecular flexibility index (Phi) is 7.09. The topological polar surface area (TPSA) is 81.4 Å². The van der Waals surface area contributed by atoms with Crippen molar-refractivity contribution < 1.29 is 13.2 Å². The maximum absolute atomic E-state index is 12.2. The van der Waals surface area contributed by atoms with Crippen molar-refractivity contribution in [3.05, 3.63) is 57.0 Å². The molecule has 0 fully saturated rings. The van der Waals surface area contributed by atoms with Crippen LogP contribution in [0.2, 0.25) is 0 Å². The molecule has 0 saturated heterocycles. The van der Waals surface area contributed by atoms with Crippen molar-refractivity contribution in [2.24, 2.45) is 0 Å². The zero-order valence-corrected chi connectivity index (χ0v) is 16.8. The molecule has 24 heavy (non-hydrogen) atoms. The number of sulfonamides is 1. The third kappa shape index (κ3) is 6.08. The first kappa shape index (κ1) is 19.2. The average molecular weight is 478 g/mol. The minimum atomic E-state index is -3.47. The third-order valence-corrected chi connectivity index (χ3v) is 5.73. The summed E-state index contributed by atoms with van der Waals surface area (Å²) < 4.78 is 33.6. The lowest BCUT2D eigenvalue weighted by Crippen LogP contribution is -2.18. The van der Waals surface area contributed by atoms with Gasteiger partial charge in [0.15, 0.2) is 0 Å². The van der Waals surface area contributed by atoms with E-state index in [-0.39, 0.29) is 5.75 Å². The van der Waals surface area contributed by atoms with Crippen LogP contribution in [-0.2, 0) is 21.4 Å². The summed E-state index contributed by atoms with van der Waals surface area (Å²) in [7, 11) is -3.47. The fraction of sp³-hybridized carbons (Fsp3) is 0.250. The van der Waals surface area contributed by atoms with Gasteiger partial charge in [-0.2, -0.15) is 0 Å². The number of nitrogens with one attached hydrogen (secondary N) is 1. The van der Waals surface area contributed by atoms with Gasteiger partial charge in [0, 0.05) is 21.2 Å². The molecule has 0 spiro atoms. The Morgan fingerprint density at radius 3 is 2.33 bits per heavy atom. The predicted molar refractivity (Wildman–Crippen MR) is 104 cm³/mol. The molecule has 0 aliphatic heterocycles. The van der Waals surface area contributed by atoms with Gasteiger partial charge in [-0.05, 0) is 56.0 Å².